The molecule has 2 nitrogen and oxygen atoms in total. The van der Waals surface area contributed by atoms with Crippen molar-refractivity contribution in [2.75, 3.05) is 5.32 Å². The van der Waals surface area contributed by atoms with E-state index in [0.29, 0.717) is 0 Å². The van der Waals surface area contributed by atoms with Crippen molar-refractivity contribution in [1.29, 1.82) is 0 Å². The molecule has 0 aromatic heterocycles. The Bertz CT molecular complexity index is 356. The van der Waals surface area contributed by atoms with Crippen molar-refractivity contribution in [3.63, 3.8) is 0 Å². The number of hydrogen-bond donors (Lipinski definition) is 1. The predicted octanol–water partition coefficient (Wildman–Crippen LogP) is 2.68. The van der Waals surface area contributed by atoms with Gasteiger partial charge in [-0.25, -0.2) is 4.39 Å². The highest BCUT2D eigenvalue weighted by atomic mass is 35.5. The van der Waals surface area contributed by atoms with Gasteiger partial charge in [-0.1, -0.05) is 11.6 Å². The van der Waals surface area contributed by atoms with Crippen molar-refractivity contribution >= 4 is 23.2 Å². The standard InChI is InChI=1S/C8H5ClF3NO/c9-5-3-4(10)1-2-6(5)13-8(14)7(11)12/h1-3,7H,(H,13,14). The van der Waals surface area contributed by atoms with Gasteiger partial charge in [-0.15, -0.1) is 0 Å². The summed E-state index contributed by atoms with van der Waals surface area (Å²) in [7, 11) is 0. The zero-order chi connectivity index (χ0) is 10.7. The molecular formula is C8H5ClF3NO. The molecule has 0 unspecified atom stereocenters. The van der Waals surface area contributed by atoms with Crippen molar-refractivity contribution in [2.24, 2.45) is 0 Å². The molecular weight excluding hydrogens is 219 g/mol. The van der Waals surface area contributed by atoms with E-state index in [1.165, 1.54) is 0 Å². The van der Waals surface area contributed by atoms with Crippen molar-refractivity contribution < 1.29 is 18.0 Å². The molecule has 0 heterocycles. The van der Waals surface area contributed by atoms with Crippen LogP contribution in [0.25, 0.3) is 0 Å². The normalized spacial score (nSPS) is 10.4. The second kappa shape index (κ2) is 4.32. The first-order chi connectivity index (χ1) is 6.50. The van der Waals surface area contributed by atoms with Gasteiger partial charge in [-0.2, -0.15) is 8.78 Å². The maximum Gasteiger partial charge on any atom is 0.315 e. The third-order valence-electron chi connectivity index (χ3n) is 1.39. The number of rotatable bonds is 2. The summed E-state index contributed by atoms with van der Waals surface area (Å²) in [5.74, 6) is -2.08. The Kier molecular flexibility index (Phi) is 3.35. The lowest BCUT2D eigenvalue weighted by Crippen LogP contribution is -2.20. The first-order valence-electron chi connectivity index (χ1n) is 3.55. The summed E-state index contributed by atoms with van der Waals surface area (Å²) in [5, 5.41) is 1.72. The highest BCUT2D eigenvalue weighted by Gasteiger charge is 2.16. The highest BCUT2D eigenvalue weighted by Crippen LogP contribution is 2.22. The van der Waals surface area contributed by atoms with Gasteiger partial charge in [0.1, 0.15) is 5.82 Å². The van der Waals surface area contributed by atoms with Crippen LogP contribution in [-0.2, 0) is 4.79 Å². The van der Waals surface area contributed by atoms with E-state index in [-0.39, 0.29) is 10.7 Å². The first-order valence-corrected chi connectivity index (χ1v) is 3.92. The van der Waals surface area contributed by atoms with Crippen molar-refractivity contribution in [3.05, 3.63) is 29.0 Å². The number of benzene rings is 1. The number of carbonyl (C=O) groups is 1. The molecule has 1 N–H and O–H groups in total. The molecule has 0 spiro atoms. The van der Waals surface area contributed by atoms with Crippen LogP contribution in [0.5, 0.6) is 0 Å². The summed E-state index contributed by atoms with van der Waals surface area (Å²) in [4.78, 5) is 10.5. The summed E-state index contributed by atoms with van der Waals surface area (Å²) in [6.07, 6.45) is -3.13. The third kappa shape index (κ3) is 2.63. The molecule has 0 bridgehead atoms. The van der Waals surface area contributed by atoms with Gasteiger partial charge in [0.15, 0.2) is 0 Å². The largest absolute Gasteiger partial charge is 0.320 e. The zero-order valence-corrected chi connectivity index (χ0v) is 7.49. The van der Waals surface area contributed by atoms with E-state index in [1.54, 1.807) is 0 Å². The maximum absolute atomic E-state index is 12.5. The summed E-state index contributed by atoms with van der Waals surface area (Å²) in [5.41, 5.74) is -0.0432. The Labute approximate surface area is 82.7 Å². The molecule has 0 fully saturated rings. The molecule has 6 heteroatoms. The minimum Gasteiger partial charge on any atom is -0.320 e. The lowest BCUT2D eigenvalue weighted by molar-refractivity contribution is -0.126. The van der Waals surface area contributed by atoms with E-state index >= 15 is 0 Å². The third-order valence-corrected chi connectivity index (χ3v) is 1.70. The smallest absolute Gasteiger partial charge is 0.315 e. The van der Waals surface area contributed by atoms with Crippen molar-refractivity contribution in [3.8, 4) is 0 Å². The molecule has 14 heavy (non-hydrogen) atoms. The monoisotopic (exact) mass is 223 g/mol. The van der Waals surface area contributed by atoms with Crippen LogP contribution in [0.3, 0.4) is 0 Å². The highest BCUT2D eigenvalue weighted by molar-refractivity contribution is 6.33. The minimum atomic E-state index is -3.13. The average molecular weight is 224 g/mol. The molecule has 0 saturated carbocycles. The van der Waals surface area contributed by atoms with Crippen LogP contribution in [-0.4, -0.2) is 12.3 Å². The van der Waals surface area contributed by atoms with E-state index in [0.717, 1.165) is 18.2 Å². The van der Waals surface area contributed by atoms with E-state index in [4.69, 9.17) is 11.6 Å². The molecule has 1 rings (SSSR count). The molecule has 0 radical (unpaired) electrons. The van der Waals surface area contributed by atoms with Gasteiger partial charge in [-0.05, 0) is 18.2 Å². The number of hydrogen-bond acceptors (Lipinski definition) is 1. The fourth-order valence-corrected chi connectivity index (χ4v) is 0.993. The lowest BCUT2D eigenvalue weighted by atomic mass is 10.3. The molecule has 1 aromatic carbocycles. The van der Waals surface area contributed by atoms with Gasteiger partial charge in [-0.3, -0.25) is 4.79 Å². The molecule has 0 atom stereocenters. The number of halogens is 4. The van der Waals surface area contributed by atoms with E-state index in [2.05, 4.69) is 0 Å². The van der Waals surface area contributed by atoms with Crippen LogP contribution in [0, 0.1) is 5.82 Å². The van der Waals surface area contributed by atoms with Gasteiger partial charge in [0.25, 0.3) is 5.91 Å². The Morgan fingerprint density at radius 3 is 2.57 bits per heavy atom. The number of anilines is 1. The molecule has 0 saturated heterocycles. The van der Waals surface area contributed by atoms with Gasteiger partial charge >= 0.3 is 6.43 Å². The summed E-state index contributed by atoms with van der Waals surface area (Å²) in [6.45, 7) is 0. The predicted molar refractivity (Wildman–Crippen MR) is 46.0 cm³/mol. The van der Waals surface area contributed by atoms with Crippen LogP contribution in [0.4, 0.5) is 18.9 Å². The fraction of sp³-hybridized carbons (Fsp3) is 0.125. The summed E-state index contributed by atoms with van der Waals surface area (Å²) >= 11 is 5.48. The number of amides is 1. The number of nitrogens with one attached hydrogen (secondary N) is 1. The molecule has 0 aliphatic rings. The summed E-state index contributed by atoms with van der Waals surface area (Å²) < 4.78 is 36.1. The lowest BCUT2D eigenvalue weighted by Gasteiger charge is -2.05. The van der Waals surface area contributed by atoms with Crippen LogP contribution in [0.15, 0.2) is 18.2 Å². The van der Waals surface area contributed by atoms with Gasteiger partial charge in [0, 0.05) is 0 Å². The zero-order valence-electron chi connectivity index (χ0n) is 6.73. The van der Waals surface area contributed by atoms with Crippen molar-refractivity contribution in [1.82, 2.24) is 0 Å². The Balaban J connectivity index is 2.82. The van der Waals surface area contributed by atoms with E-state index in [1.807, 2.05) is 5.32 Å². The molecule has 76 valence electrons. The van der Waals surface area contributed by atoms with E-state index in [9.17, 15) is 18.0 Å². The summed E-state index contributed by atoms with van der Waals surface area (Å²) in [6, 6.07) is 3.04. The minimum absolute atomic E-state index is 0.0432. The van der Waals surface area contributed by atoms with Crippen LogP contribution in [0.2, 0.25) is 5.02 Å². The fourth-order valence-electron chi connectivity index (χ4n) is 0.778. The Morgan fingerprint density at radius 2 is 2.07 bits per heavy atom. The first kappa shape index (κ1) is 10.8. The number of alkyl halides is 2. The van der Waals surface area contributed by atoms with Crippen molar-refractivity contribution in [2.45, 2.75) is 6.43 Å². The maximum atomic E-state index is 12.5. The van der Waals surface area contributed by atoms with Gasteiger partial charge in [0.05, 0.1) is 10.7 Å². The van der Waals surface area contributed by atoms with Gasteiger partial charge < -0.3 is 5.32 Å². The van der Waals surface area contributed by atoms with Crippen LogP contribution in [0.1, 0.15) is 0 Å². The quantitative estimate of drug-likeness (QED) is 0.821. The van der Waals surface area contributed by atoms with Crippen LogP contribution >= 0.6 is 11.6 Å². The second-order valence-corrected chi connectivity index (χ2v) is 2.82. The van der Waals surface area contributed by atoms with Gasteiger partial charge in [0.2, 0.25) is 0 Å². The molecule has 1 aromatic rings. The molecule has 0 aliphatic heterocycles. The SMILES string of the molecule is O=C(Nc1ccc(F)cc1Cl)C(F)F. The number of carbonyl (C=O) groups excluding carboxylic acids is 1. The Hall–Kier alpha value is -1.23. The molecule has 1 amide bonds. The van der Waals surface area contributed by atoms with Crippen LogP contribution < -0.4 is 5.32 Å². The average Bonchev–Trinajstić information content (AvgIpc) is 2.09. The molecule has 0 aliphatic carbocycles. The topological polar surface area (TPSA) is 29.1 Å². The Morgan fingerprint density at radius 1 is 1.43 bits per heavy atom. The second-order valence-electron chi connectivity index (χ2n) is 2.41. The van der Waals surface area contributed by atoms with E-state index < -0.39 is 18.1 Å².